The summed E-state index contributed by atoms with van der Waals surface area (Å²) in [5.74, 6) is 0.0776. The first-order chi connectivity index (χ1) is 12.6. The van der Waals surface area contributed by atoms with Gasteiger partial charge in [-0.3, -0.25) is 4.79 Å². The Kier molecular flexibility index (Phi) is 6.86. The Morgan fingerprint density at radius 3 is 2.77 bits per heavy atom. The average molecular weight is 358 g/mol. The molecule has 1 aliphatic carbocycles. The third kappa shape index (κ3) is 5.18. The van der Waals surface area contributed by atoms with Crippen molar-refractivity contribution in [1.29, 1.82) is 0 Å². The number of esters is 1. The summed E-state index contributed by atoms with van der Waals surface area (Å²) in [6.07, 6.45) is 8.69. The number of rotatable bonds is 6. The van der Waals surface area contributed by atoms with Crippen molar-refractivity contribution in [1.82, 2.24) is 0 Å². The number of hydrogen-bond acceptors (Lipinski definition) is 4. The predicted molar refractivity (Wildman–Crippen MR) is 100 cm³/mol. The number of fused-ring (bicyclic) bond motifs is 1. The van der Waals surface area contributed by atoms with Crippen LogP contribution in [0.15, 0.2) is 42.5 Å². The Labute approximate surface area is 155 Å². The number of aliphatic hydroxyl groups excluding tert-OH is 2. The van der Waals surface area contributed by atoms with Gasteiger partial charge in [0.1, 0.15) is 6.10 Å². The molecule has 0 spiro atoms. The number of allylic oxidation sites excluding steroid dienone is 2. The van der Waals surface area contributed by atoms with Crippen LogP contribution in [0.1, 0.15) is 50.5 Å². The first-order valence-corrected chi connectivity index (χ1v) is 9.88. The number of ether oxygens (including phenoxy) is 1. The smallest absolute Gasteiger partial charge is 0.306 e. The molecular weight excluding hydrogens is 328 g/mol. The Morgan fingerprint density at radius 1 is 1.15 bits per heavy atom. The molecule has 0 amide bonds. The monoisotopic (exact) mass is 358 g/mol. The van der Waals surface area contributed by atoms with Crippen molar-refractivity contribution in [2.45, 2.75) is 69.7 Å². The molecule has 4 nitrogen and oxygen atoms in total. The molecule has 4 heteroatoms. The van der Waals surface area contributed by atoms with Gasteiger partial charge in [0.05, 0.1) is 12.2 Å². The average Bonchev–Trinajstić information content (AvgIpc) is 2.96. The molecule has 3 rings (SSSR count). The van der Waals surface area contributed by atoms with E-state index in [1.54, 1.807) is 0 Å². The molecule has 0 saturated heterocycles. The lowest BCUT2D eigenvalue weighted by Crippen LogP contribution is -2.26. The zero-order valence-electron chi connectivity index (χ0n) is 15.3. The number of aryl methyl sites for hydroxylation is 1. The third-order valence-corrected chi connectivity index (χ3v) is 5.81. The van der Waals surface area contributed by atoms with Crippen molar-refractivity contribution in [2.75, 3.05) is 0 Å². The SMILES string of the molecule is O=C1CCC=CC[C@@H]2[C@@H](CC[C@@H](O)CCc3ccccc3)[C@H](O)C[C@@H]2O1. The topological polar surface area (TPSA) is 66.8 Å². The summed E-state index contributed by atoms with van der Waals surface area (Å²) in [7, 11) is 0. The Balaban J connectivity index is 1.51. The number of carbonyl (C=O) groups excluding carboxylic acids is 1. The van der Waals surface area contributed by atoms with E-state index in [-0.39, 0.29) is 30.0 Å². The maximum atomic E-state index is 11.9. The lowest BCUT2D eigenvalue weighted by molar-refractivity contribution is -0.151. The van der Waals surface area contributed by atoms with Crippen molar-refractivity contribution in [3.05, 3.63) is 48.0 Å². The molecule has 1 heterocycles. The molecule has 142 valence electrons. The molecule has 2 aliphatic rings. The summed E-state index contributed by atoms with van der Waals surface area (Å²) in [5.41, 5.74) is 1.24. The maximum absolute atomic E-state index is 11.9. The van der Waals surface area contributed by atoms with E-state index in [9.17, 15) is 15.0 Å². The second-order valence-corrected chi connectivity index (χ2v) is 7.66. The van der Waals surface area contributed by atoms with Crippen molar-refractivity contribution in [3.8, 4) is 0 Å². The minimum absolute atomic E-state index is 0.0851. The highest BCUT2D eigenvalue weighted by Crippen LogP contribution is 2.40. The van der Waals surface area contributed by atoms with E-state index in [1.807, 2.05) is 24.3 Å². The van der Waals surface area contributed by atoms with E-state index in [2.05, 4.69) is 18.2 Å². The van der Waals surface area contributed by atoms with Gasteiger partial charge in [-0.25, -0.2) is 0 Å². The van der Waals surface area contributed by atoms with Crippen molar-refractivity contribution < 1.29 is 19.7 Å². The molecule has 0 bridgehead atoms. The van der Waals surface area contributed by atoms with Crippen LogP contribution in [0.3, 0.4) is 0 Å². The summed E-state index contributed by atoms with van der Waals surface area (Å²) in [5, 5.41) is 20.8. The highest BCUT2D eigenvalue weighted by Gasteiger charge is 2.43. The third-order valence-electron chi connectivity index (χ3n) is 5.81. The van der Waals surface area contributed by atoms with Gasteiger partial charge in [0, 0.05) is 18.8 Å². The first kappa shape index (κ1) is 19.1. The fourth-order valence-electron chi connectivity index (χ4n) is 4.32. The van der Waals surface area contributed by atoms with Crippen LogP contribution in [0, 0.1) is 11.8 Å². The minimum atomic E-state index is -0.452. The van der Waals surface area contributed by atoms with Crippen LogP contribution in [0.25, 0.3) is 0 Å². The van der Waals surface area contributed by atoms with Crippen molar-refractivity contribution >= 4 is 5.97 Å². The molecule has 0 unspecified atom stereocenters. The standard InChI is InChI=1S/C22H30O4/c23-17(12-11-16-7-3-1-4-8-16)13-14-18-19-9-5-2-6-10-22(25)26-21(19)15-20(18)24/h1-5,7-8,17-21,23-24H,6,9-15H2/t17-,18+,19+,20+,21-/m0/s1. The lowest BCUT2D eigenvalue weighted by Gasteiger charge is -2.25. The normalized spacial score (nSPS) is 30.0. The summed E-state index contributed by atoms with van der Waals surface area (Å²) in [6, 6.07) is 10.2. The highest BCUT2D eigenvalue weighted by molar-refractivity contribution is 5.69. The van der Waals surface area contributed by atoms with Crippen LogP contribution in [-0.2, 0) is 16.0 Å². The van der Waals surface area contributed by atoms with Crippen LogP contribution in [0.5, 0.6) is 0 Å². The molecule has 26 heavy (non-hydrogen) atoms. The lowest BCUT2D eigenvalue weighted by atomic mass is 9.85. The van der Waals surface area contributed by atoms with Gasteiger partial charge in [-0.1, -0.05) is 42.5 Å². The molecule has 1 fully saturated rings. The molecule has 2 N–H and O–H groups in total. The van der Waals surface area contributed by atoms with Gasteiger partial charge < -0.3 is 14.9 Å². The summed E-state index contributed by atoms with van der Waals surface area (Å²) >= 11 is 0. The zero-order chi connectivity index (χ0) is 18.4. The van der Waals surface area contributed by atoms with E-state index < -0.39 is 6.10 Å². The van der Waals surface area contributed by atoms with E-state index in [0.717, 1.165) is 32.1 Å². The van der Waals surface area contributed by atoms with Crippen LogP contribution in [-0.4, -0.2) is 34.5 Å². The Bertz CT molecular complexity index is 597. The number of aliphatic hydroxyl groups is 2. The van der Waals surface area contributed by atoms with Crippen molar-refractivity contribution in [2.24, 2.45) is 11.8 Å². The van der Waals surface area contributed by atoms with Gasteiger partial charge in [-0.2, -0.15) is 0 Å². The second-order valence-electron chi connectivity index (χ2n) is 7.66. The van der Waals surface area contributed by atoms with Gasteiger partial charge in [0.25, 0.3) is 0 Å². The number of carbonyl (C=O) groups is 1. The summed E-state index contributed by atoms with van der Waals surface area (Å²) in [4.78, 5) is 11.9. The Morgan fingerprint density at radius 2 is 1.96 bits per heavy atom. The van der Waals surface area contributed by atoms with Gasteiger partial charge in [-0.05, 0) is 50.0 Å². The Hall–Kier alpha value is -1.65. The number of benzene rings is 1. The molecule has 1 saturated carbocycles. The molecule has 1 aromatic rings. The number of hydrogen-bond donors (Lipinski definition) is 2. The van der Waals surface area contributed by atoms with Crippen LogP contribution >= 0.6 is 0 Å². The van der Waals surface area contributed by atoms with E-state index in [4.69, 9.17) is 4.74 Å². The van der Waals surface area contributed by atoms with Gasteiger partial charge in [0.2, 0.25) is 0 Å². The molecule has 5 atom stereocenters. The summed E-state index contributed by atoms with van der Waals surface area (Å²) < 4.78 is 5.61. The molecule has 1 aromatic carbocycles. The molecular formula is C22H30O4. The summed E-state index contributed by atoms with van der Waals surface area (Å²) in [6.45, 7) is 0. The van der Waals surface area contributed by atoms with Crippen LogP contribution in [0.2, 0.25) is 0 Å². The molecule has 0 aromatic heterocycles. The van der Waals surface area contributed by atoms with Crippen LogP contribution in [0.4, 0.5) is 0 Å². The van der Waals surface area contributed by atoms with E-state index in [0.29, 0.717) is 19.3 Å². The van der Waals surface area contributed by atoms with Crippen LogP contribution < -0.4 is 0 Å². The minimum Gasteiger partial charge on any atom is -0.462 e. The first-order valence-electron chi connectivity index (χ1n) is 9.88. The van der Waals surface area contributed by atoms with E-state index in [1.165, 1.54) is 5.56 Å². The fraction of sp³-hybridized carbons (Fsp3) is 0.591. The fourth-order valence-corrected chi connectivity index (χ4v) is 4.32. The van der Waals surface area contributed by atoms with Gasteiger partial charge in [0.15, 0.2) is 0 Å². The van der Waals surface area contributed by atoms with Gasteiger partial charge in [-0.15, -0.1) is 0 Å². The highest BCUT2D eigenvalue weighted by atomic mass is 16.5. The van der Waals surface area contributed by atoms with Crippen molar-refractivity contribution in [3.63, 3.8) is 0 Å². The largest absolute Gasteiger partial charge is 0.462 e. The zero-order valence-corrected chi connectivity index (χ0v) is 15.3. The molecule has 1 aliphatic heterocycles. The second kappa shape index (κ2) is 9.33. The maximum Gasteiger partial charge on any atom is 0.306 e. The van der Waals surface area contributed by atoms with E-state index >= 15 is 0 Å². The quantitative estimate of drug-likeness (QED) is 0.604. The molecule has 0 radical (unpaired) electrons. The van der Waals surface area contributed by atoms with Gasteiger partial charge >= 0.3 is 5.97 Å². The predicted octanol–water partition coefficient (Wildman–Crippen LogP) is 3.41.